The van der Waals surface area contributed by atoms with E-state index in [9.17, 15) is 8.42 Å². The van der Waals surface area contributed by atoms with Gasteiger partial charge in [-0.2, -0.15) is 0 Å². The van der Waals surface area contributed by atoms with Crippen LogP contribution in [0, 0.1) is 6.92 Å². The fourth-order valence-electron chi connectivity index (χ4n) is 2.40. The third-order valence-electron chi connectivity index (χ3n) is 3.62. The van der Waals surface area contributed by atoms with Crippen LogP contribution >= 0.6 is 0 Å². The van der Waals surface area contributed by atoms with Crippen molar-refractivity contribution >= 4 is 21.1 Å². The Balaban J connectivity index is 1.80. The molecule has 3 rings (SSSR count). The molecule has 0 radical (unpaired) electrons. The van der Waals surface area contributed by atoms with Crippen molar-refractivity contribution in [1.29, 1.82) is 0 Å². The Labute approximate surface area is 134 Å². The predicted molar refractivity (Wildman–Crippen MR) is 87.9 cm³/mol. The van der Waals surface area contributed by atoms with Gasteiger partial charge in [-0.15, -0.1) is 0 Å². The molecule has 0 atom stereocenters. The topological polar surface area (TPSA) is 84.1 Å². The Kier molecular flexibility index (Phi) is 4.06. The second-order valence-electron chi connectivity index (χ2n) is 5.21. The molecule has 6 nitrogen and oxygen atoms in total. The number of benzene rings is 2. The van der Waals surface area contributed by atoms with Crippen LogP contribution in [-0.2, 0) is 16.6 Å². The van der Waals surface area contributed by atoms with Crippen molar-refractivity contribution in [3.63, 3.8) is 0 Å². The highest BCUT2D eigenvalue weighted by Crippen LogP contribution is 2.21. The van der Waals surface area contributed by atoms with E-state index in [2.05, 4.69) is 14.7 Å². The lowest BCUT2D eigenvalue weighted by molar-refractivity contribution is 0.414. The van der Waals surface area contributed by atoms with Gasteiger partial charge in [0.15, 0.2) is 0 Å². The first-order chi connectivity index (χ1) is 11.0. The molecule has 0 spiro atoms. The normalized spacial score (nSPS) is 11.7. The van der Waals surface area contributed by atoms with E-state index >= 15 is 0 Å². The van der Waals surface area contributed by atoms with Crippen LogP contribution in [0.2, 0.25) is 0 Å². The summed E-state index contributed by atoms with van der Waals surface area (Å²) in [5, 5.41) is 0. The zero-order chi connectivity index (χ0) is 16.4. The summed E-state index contributed by atoms with van der Waals surface area (Å²) < 4.78 is 32.7. The summed E-state index contributed by atoms with van der Waals surface area (Å²) in [5.74, 6) is 0.631. The molecule has 1 heterocycles. The molecule has 2 aromatic carbocycles. The number of hydrogen-bond acceptors (Lipinski definition) is 4. The molecule has 120 valence electrons. The van der Waals surface area contributed by atoms with E-state index in [1.807, 2.05) is 18.2 Å². The van der Waals surface area contributed by atoms with Crippen molar-refractivity contribution < 1.29 is 13.2 Å². The first-order valence-electron chi connectivity index (χ1n) is 7.06. The minimum absolute atomic E-state index is 0.211. The van der Waals surface area contributed by atoms with E-state index in [4.69, 9.17) is 4.74 Å². The summed E-state index contributed by atoms with van der Waals surface area (Å²) in [4.78, 5) is 7.40. The third kappa shape index (κ3) is 3.20. The number of H-pyrrole nitrogens is 1. The number of methoxy groups -OCH3 is 1. The van der Waals surface area contributed by atoms with Crippen LogP contribution in [0.15, 0.2) is 47.6 Å². The van der Waals surface area contributed by atoms with Gasteiger partial charge in [-0.1, -0.05) is 6.07 Å². The number of fused-ring (bicyclic) bond motifs is 1. The maximum atomic E-state index is 12.5. The molecule has 0 amide bonds. The van der Waals surface area contributed by atoms with Crippen molar-refractivity contribution in [1.82, 2.24) is 14.7 Å². The van der Waals surface area contributed by atoms with Gasteiger partial charge in [-0.25, -0.2) is 18.1 Å². The second kappa shape index (κ2) is 6.02. The number of nitrogens with one attached hydrogen (secondary N) is 2. The summed E-state index contributed by atoms with van der Waals surface area (Å²) in [6, 6.07) is 10.5. The molecule has 1 aromatic heterocycles. The second-order valence-corrected chi connectivity index (χ2v) is 6.95. The van der Waals surface area contributed by atoms with E-state index in [0.29, 0.717) is 11.3 Å². The summed E-state index contributed by atoms with van der Waals surface area (Å²) in [6.07, 6.45) is 1.61. The molecule has 0 fully saturated rings. The Morgan fingerprint density at radius 3 is 2.78 bits per heavy atom. The standard InChI is InChI=1S/C16H17N3O3S/c1-11-7-13(22-2)4-6-16(11)23(20,21)19-9-12-3-5-14-15(8-12)18-10-17-14/h3-8,10,19H,9H2,1-2H3,(H,17,18). The smallest absolute Gasteiger partial charge is 0.241 e. The van der Waals surface area contributed by atoms with Crippen LogP contribution in [0.1, 0.15) is 11.1 Å². The van der Waals surface area contributed by atoms with Crippen molar-refractivity contribution in [2.45, 2.75) is 18.4 Å². The number of aromatic amines is 1. The zero-order valence-electron chi connectivity index (χ0n) is 12.8. The van der Waals surface area contributed by atoms with Crippen molar-refractivity contribution in [3.05, 3.63) is 53.9 Å². The van der Waals surface area contributed by atoms with Gasteiger partial charge in [0.25, 0.3) is 0 Å². The van der Waals surface area contributed by atoms with Crippen molar-refractivity contribution in [2.24, 2.45) is 0 Å². The molecule has 0 saturated heterocycles. The number of hydrogen-bond donors (Lipinski definition) is 2. The van der Waals surface area contributed by atoms with E-state index in [-0.39, 0.29) is 11.4 Å². The summed E-state index contributed by atoms with van der Waals surface area (Å²) in [5.41, 5.74) is 3.22. The summed E-state index contributed by atoms with van der Waals surface area (Å²) in [7, 11) is -2.04. The Morgan fingerprint density at radius 1 is 1.22 bits per heavy atom. The largest absolute Gasteiger partial charge is 0.497 e. The van der Waals surface area contributed by atoms with Crippen LogP contribution < -0.4 is 9.46 Å². The Morgan fingerprint density at radius 2 is 2.04 bits per heavy atom. The molecule has 23 heavy (non-hydrogen) atoms. The van der Waals surface area contributed by atoms with Gasteiger partial charge >= 0.3 is 0 Å². The predicted octanol–water partition coefficient (Wildman–Crippen LogP) is 2.36. The molecule has 0 saturated carbocycles. The van der Waals surface area contributed by atoms with Gasteiger partial charge in [0.1, 0.15) is 5.75 Å². The molecule has 0 unspecified atom stereocenters. The Bertz CT molecular complexity index is 948. The van der Waals surface area contributed by atoms with Crippen LogP contribution in [0.3, 0.4) is 0 Å². The van der Waals surface area contributed by atoms with Gasteiger partial charge in [-0.05, 0) is 48.4 Å². The first kappa shape index (κ1) is 15.5. The first-order valence-corrected chi connectivity index (χ1v) is 8.54. The minimum atomic E-state index is -3.59. The number of sulfonamides is 1. The highest BCUT2D eigenvalue weighted by molar-refractivity contribution is 7.89. The van der Waals surface area contributed by atoms with Gasteiger partial charge < -0.3 is 9.72 Å². The summed E-state index contributed by atoms with van der Waals surface area (Å²) in [6.45, 7) is 1.95. The molecular weight excluding hydrogens is 314 g/mol. The Hall–Kier alpha value is -2.38. The molecule has 0 aliphatic carbocycles. The lowest BCUT2D eigenvalue weighted by atomic mass is 10.2. The van der Waals surface area contributed by atoms with Crippen molar-refractivity contribution in [2.75, 3.05) is 7.11 Å². The number of imidazole rings is 1. The van der Waals surface area contributed by atoms with Crippen LogP contribution in [0.4, 0.5) is 0 Å². The SMILES string of the molecule is COc1ccc(S(=O)(=O)NCc2ccc3nc[nH]c3c2)c(C)c1. The highest BCUT2D eigenvalue weighted by Gasteiger charge is 2.17. The number of rotatable bonds is 5. The van der Waals surface area contributed by atoms with Crippen molar-refractivity contribution in [3.8, 4) is 5.75 Å². The third-order valence-corrected chi connectivity index (χ3v) is 5.18. The molecule has 0 bridgehead atoms. The van der Waals surface area contributed by atoms with E-state index in [1.54, 1.807) is 38.6 Å². The average Bonchev–Trinajstić information content (AvgIpc) is 3.00. The molecular formula is C16H17N3O3S. The monoisotopic (exact) mass is 331 g/mol. The van der Waals surface area contributed by atoms with E-state index in [1.165, 1.54) is 0 Å². The minimum Gasteiger partial charge on any atom is -0.497 e. The quantitative estimate of drug-likeness (QED) is 0.752. The molecule has 0 aliphatic rings. The number of ether oxygens (including phenoxy) is 1. The number of aromatic nitrogens is 2. The van der Waals surface area contributed by atoms with Gasteiger partial charge in [0.2, 0.25) is 10.0 Å². The van der Waals surface area contributed by atoms with Crippen LogP contribution in [0.5, 0.6) is 5.75 Å². The van der Waals surface area contributed by atoms with Crippen LogP contribution in [0.25, 0.3) is 11.0 Å². The lowest BCUT2D eigenvalue weighted by Gasteiger charge is -2.10. The number of aryl methyl sites for hydroxylation is 1. The van der Waals surface area contributed by atoms with Crippen LogP contribution in [-0.4, -0.2) is 25.5 Å². The molecule has 2 N–H and O–H groups in total. The molecule has 0 aliphatic heterocycles. The fraction of sp³-hybridized carbons (Fsp3) is 0.188. The number of nitrogens with zero attached hydrogens (tertiary/aromatic N) is 1. The molecule has 3 aromatic rings. The average molecular weight is 331 g/mol. The van der Waals surface area contributed by atoms with Gasteiger partial charge in [-0.3, -0.25) is 0 Å². The van der Waals surface area contributed by atoms with E-state index in [0.717, 1.165) is 16.6 Å². The molecule has 7 heteroatoms. The highest BCUT2D eigenvalue weighted by atomic mass is 32.2. The van der Waals surface area contributed by atoms with Gasteiger partial charge in [0, 0.05) is 6.54 Å². The maximum absolute atomic E-state index is 12.5. The lowest BCUT2D eigenvalue weighted by Crippen LogP contribution is -2.24. The van der Waals surface area contributed by atoms with E-state index < -0.39 is 10.0 Å². The summed E-state index contributed by atoms with van der Waals surface area (Å²) >= 11 is 0. The zero-order valence-corrected chi connectivity index (χ0v) is 13.6. The maximum Gasteiger partial charge on any atom is 0.241 e. The fourth-order valence-corrected chi connectivity index (χ4v) is 3.64. The van der Waals surface area contributed by atoms with Gasteiger partial charge in [0.05, 0.1) is 29.4 Å².